The van der Waals surface area contributed by atoms with E-state index in [-0.39, 0.29) is 0 Å². The van der Waals surface area contributed by atoms with Gasteiger partial charge in [-0.25, -0.2) is 0 Å². The molecule has 1 aromatic rings. The molecular weight excluding hydrogens is 294 g/mol. The van der Waals surface area contributed by atoms with E-state index < -0.39 is 5.60 Å². The van der Waals surface area contributed by atoms with Crippen molar-refractivity contribution in [2.75, 3.05) is 33.5 Å². The minimum atomic E-state index is -0.663. The fraction of sp³-hybridized carbons (Fsp3) is 0.556. The van der Waals surface area contributed by atoms with Crippen LogP contribution >= 0.6 is 0 Å². The maximum atomic E-state index is 10.4. The van der Waals surface area contributed by atoms with E-state index in [4.69, 9.17) is 14.2 Å². The van der Waals surface area contributed by atoms with Crippen molar-refractivity contribution in [1.82, 2.24) is 5.32 Å². The third-order valence-corrected chi connectivity index (χ3v) is 3.91. The van der Waals surface area contributed by atoms with Gasteiger partial charge >= 0.3 is 0 Å². The van der Waals surface area contributed by atoms with Gasteiger partial charge in [0, 0.05) is 39.1 Å². The van der Waals surface area contributed by atoms with E-state index in [9.17, 15) is 5.11 Å². The largest absolute Gasteiger partial charge is 0.493 e. The molecule has 128 valence electrons. The first kappa shape index (κ1) is 17.8. The summed E-state index contributed by atoms with van der Waals surface area (Å²) < 4.78 is 16.3. The second-order valence-corrected chi connectivity index (χ2v) is 6.17. The van der Waals surface area contributed by atoms with Crippen LogP contribution in [0, 0.1) is 0 Å². The summed E-state index contributed by atoms with van der Waals surface area (Å²) in [6, 6.07) is 5.85. The highest BCUT2D eigenvalue weighted by Gasteiger charge is 2.29. The maximum absolute atomic E-state index is 10.4. The summed E-state index contributed by atoms with van der Waals surface area (Å²) in [5.74, 6) is 1.41. The normalized spacial score (nSPS) is 16.8. The first-order chi connectivity index (χ1) is 11.0. The summed E-state index contributed by atoms with van der Waals surface area (Å²) in [5.41, 5.74) is 1.37. The van der Waals surface area contributed by atoms with Gasteiger partial charge in [0.25, 0.3) is 0 Å². The van der Waals surface area contributed by atoms with Crippen molar-refractivity contribution < 1.29 is 19.3 Å². The van der Waals surface area contributed by atoms with Crippen LogP contribution in [0.15, 0.2) is 30.4 Å². The Balaban J connectivity index is 1.91. The van der Waals surface area contributed by atoms with Gasteiger partial charge in [-0.3, -0.25) is 0 Å². The summed E-state index contributed by atoms with van der Waals surface area (Å²) in [7, 11) is 1.63. The number of nitrogens with one attached hydrogen (secondary N) is 1. The quantitative estimate of drug-likeness (QED) is 0.719. The molecule has 5 heteroatoms. The van der Waals surface area contributed by atoms with Crippen LogP contribution in [-0.4, -0.2) is 44.2 Å². The molecule has 1 aliphatic heterocycles. The second kappa shape index (κ2) is 8.34. The van der Waals surface area contributed by atoms with E-state index in [1.807, 2.05) is 25.1 Å². The van der Waals surface area contributed by atoms with Crippen LogP contribution in [0.5, 0.6) is 11.5 Å². The maximum Gasteiger partial charge on any atom is 0.161 e. The van der Waals surface area contributed by atoms with Gasteiger partial charge in [-0.05, 0) is 30.2 Å². The second-order valence-electron chi connectivity index (χ2n) is 6.17. The van der Waals surface area contributed by atoms with Gasteiger partial charge in [0.2, 0.25) is 0 Å². The minimum Gasteiger partial charge on any atom is -0.493 e. The molecule has 5 nitrogen and oxygen atoms in total. The van der Waals surface area contributed by atoms with E-state index in [0.29, 0.717) is 57.3 Å². The average molecular weight is 321 g/mol. The van der Waals surface area contributed by atoms with Gasteiger partial charge in [0.15, 0.2) is 11.5 Å². The predicted octanol–water partition coefficient (Wildman–Crippen LogP) is 2.28. The smallest absolute Gasteiger partial charge is 0.161 e. The topological polar surface area (TPSA) is 60.0 Å². The molecule has 0 radical (unpaired) electrons. The van der Waals surface area contributed by atoms with E-state index in [0.717, 1.165) is 11.1 Å². The van der Waals surface area contributed by atoms with Crippen molar-refractivity contribution in [1.29, 1.82) is 0 Å². The number of hydrogen-bond acceptors (Lipinski definition) is 5. The van der Waals surface area contributed by atoms with E-state index in [2.05, 4.69) is 11.9 Å². The van der Waals surface area contributed by atoms with Crippen molar-refractivity contribution in [2.45, 2.75) is 31.9 Å². The zero-order chi connectivity index (χ0) is 16.7. The Labute approximate surface area is 138 Å². The zero-order valence-corrected chi connectivity index (χ0v) is 14.1. The highest BCUT2D eigenvalue weighted by Crippen LogP contribution is 2.28. The lowest BCUT2D eigenvalue weighted by molar-refractivity contribution is -0.0617. The SMILES string of the molecule is C=C(C)COc1cc(CNCC2(O)CCOCC2)ccc1OC. The van der Waals surface area contributed by atoms with Gasteiger partial charge in [-0.15, -0.1) is 0 Å². The molecule has 0 amide bonds. The molecule has 1 fully saturated rings. The molecule has 1 aromatic carbocycles. The molecule has 2 N–H and O–H groups in total. The number of hydrogen-bond donors (Lipinski definition) is 2. The lowest BCUT2D eigenvalue weighted by Gasteiger charge is -2.32. The molecule has 1 heterocycles. The average Bonchev–Trinajstić information content (AvgIpc) is 2.53. The number of methoxy groups -OCH3 is 1. The molecule has 0 aromatic heterocycles. The summed E-state index contributed by atoms with van der Waals surface area (Å²) in [5, 5.41) is 13.8. The Bertz CT molecular complexity index is 524. The molecule has 0 unspecified atom stereocenters. The fourth-order valence-corrected chi connectivity index (χ4v) is 2.51. The first-order valence-electron chi connectivity index (χ1n) is 7.97. The van der Waals surface area contributed by atoms with Crippen LogP contribution in [0.2, 0.25) is 0 Å². The summed E-state index contributed by atoms with van der Waals surface area (Å²) in [6.07, 6.45) is 1.35. The van der Waals surface area contributed by atoms with E-state index in [1.54, 1.807) is 7.11 Å². The van der Waals surface area contributed by atoms with Gasteiger partial charge in [-0.1, -0.05) is 12.6 Å². The molecule has 0 atom stereocenters. The van der Waals surface area contributed by atoms with Crippen molar-refractivity contribution in [3.63, 3.8) is 0 Å². The number of ether oxygens (including phenoxy) is 3. The van der Waals surface area contributed by atoms with Crippen molar-refractivity contribution in [2.24, 2.45) is 0 Å². The Morgan fingerprint density at radius 3 is 2.74 bits per heavy atom. The Hall–Kier alpha value is -1.56. The summed E-state index contributed by atoms with van der Waals surface area (Å²) >= 11 is 0. The van der Waals surface area contributed by atoms with Crippen molar-refractivity contribution >= 4 is 0 Å². The first-order valence-corrected chi connectivity index (χ1v) is 7.97. The van der Waals surface area contributed by atoms with Crippen LogP contribution in [0.4, 0.5) is 0 Å². The molecule has 1 saturated heterocycles. The van der Waals surface area contributed by atoms with Crippen LogP contribution in [0.3, 0.4) is 0 Å². The fourth-order valence-electron chi connectivity index (χ4n) is 2.51. The number of rotatable bonds is 8. The molecular formula is C18H27NO4. The molecule has 0 aliphatic carbocycles. The van der Waals surface area contributed by atoms with Crippen molar-refractivity contribution in [3.8, 4) is 11.5 Å². The summed E-state index contributed by atoms with van der Waals surface area (Å²) in [6.45, 7) is 8.70. The van der Waals surface area contributed by atoms with Crippen molar-refractivity contribution in [3.05, 3.63) is 35.9 Å². The molecule has 2 rings (SSSR count). The third-order valence-electron chi connectivity index (χ3n) is 3.91. The zero-order valence-electron chi connectivity index (χ0n) is 14.1. The molecule has 0 bridgehead atoms. The van der Waals surface area contributed by atoms with E-state index >= 15 is 0 Å². The van der Waals surface area contributed by atoms with Gasteiger partial charge < -0.3 is 24.6 Å². The number of benzene rings is 1. The minimum absolute atomic E-state index is 0.465. The molecule has 23 heavy (non-hydrogen) atoms. The van der Waals surface area contributed by atoms with Crippen LogP contribution in [-0.2, 0) is 11.3 Å². The molecule has 0 spiro atoms. The Morgan fingerprint density at radius 1 is 1.35 bits per heavy atom. The van der Waals surface area contributed by atoms with Gasteiger partial charge in [0.1, 0.15) is 6.61 Å². The highest BCUT2D eigenvalue weighted by molar-refractivity contribution is 5.43. The van der Waals surface area contributed by atoms with Crippen LogP contribution < -0.4 is 14.8 Å². The lowest BCUT2D eigenvalue weighted by Crippen LogP contribution is -2.44. The van der Waals surface area contributed by atoms with Crippen LogP contribution in [0.1, 0.15) is 25.3 Å². The Kier molecular flexibility index (Phi) is 6.45. The molecule has 1 aliphatic rings. The van der Waals surface area contributed by atoms with Crippen LogP contribution in [0.25, 0.3) is 0 Å². The lowest BCUT2D eigenvalue weighted by atomic mass is 9.94. The highest BCUT2D eigenvalue weighted by atomic mass is 16.5. The predicted molar refractivity (Wildman–Crippen MR) is 90.0 cm³/mol. The Morgan fingerprint density at radius 2 is 2.09 bits per heavy atom. The summed E-state index contributed by atoms with van der Waals surface area (Å²) in [4.78, 5) is 0. The third kappa shape index (κ3) is 5.53. The standard InChI is InChI=1S/C18H27NO4/c1-14(2)12-23-17-10-15(4-5-16(17)21-3)11-19-13-18(20)6-8-22-9-7-18/h4-5,10,19-20H,1,6-9,11-13H2,2-3H3. The monoisotopic (exact) mass is 321 g/mol. The van der Waals surface area contributed by atoms with E-state index in [1.165, 1.54) is 0 Å². The molecule has 0 saturated carbocycles. The van der Waals surface area contributed by atoms with Gasteiger partial charge in [-0.2, -0.15) is 0 Å². The number of aliphatic hydroxyl groups is 1. The van der Waals surface area contributed by atoms with Gasteiger partial charge in [0.05, 0.1) is 12.7 Å².